The van der Waals surface area contributed by atoms with Gasteiger partial charge < -0.3 is 5.11 Å². The number of hydrogen-bond donors (Lipinski definition) is 1. The van der Waals surface area contributed by atoms with Gasteiger partial charge in [-0.25, -0.2) is 0 Å². The predicted molar refractivity (Wildman–Crippen MR) is 44.3 cm³/mol. The van der Waals surface area contributed by atoms with E-state index in [2.05, 4.69) is 0 Å². The molecule has 14 heavy (non-hydrogen) atoms. The molecule has 0 spiro atoms. The molecule has 0 amide bonds. The first-order valence-electron chi connectivity index (χ1n) is 3.70. The maximum absolute atomic E-state index is 12.1. The maximum atomic E-state index is 12.1. The summed E-state index contributed by atoms with van der Waals surface area (Å²) in [5.74, 6) is -2.76. The summed E-state index contributed by atoms with van der Waals surface area (Å²) in [6, 6.07) is 0. The van der Waals surface area contributed by atoms with Crippen LogP contribution in [0, 0.1) is 11.3 Å². The highest BCUT2D eigenvalue weighted by Crippen LogP contribution is 2.72. The molecule has 1 aliphatic rings. The topological polar surface area (TPSA) is 37.3 Å². The van der Waals surface area contributed by atoms with Crippen LogP contribution in [0.25, 0.3) is 0 Å². The molecule has 1 saturated carbocycles. The first-order valence-corrected chi connectivity index (χ1v) is 4.45. The molecule has 7 heteroatoms. The van der Waals surface area contributed by atoms with Crippen molar-refractivity contribution in [1.29, 1.82) is 0 Å². The summed E-state index contributed by atoms with van der Waals surface area (Å²) in [7, 11) is 0. The second-order valence-corrected chi connectivity index (χ2v) is 4.99. The fraction of sp³-hybridized carbons (Fsp3) is 0.857. The van der Waals surface area contributed by atoms with Crippen LogP contribution in [0.1, 0.15) is 13.3 Å². The molecule has 0 aliphatic heterocycles. The van der Waals surface area contributed by atoms with Crippen LogP contribution < -0.4 is 0 Å². The molecule has 0 radical (unpaired) electrons. The van der Waals surface area contributed by atoms with Crippen molar-refractivity contribution in [2.75, 3.05) is 0 Å². The Hall–Kier alpha value is -0.160. The second kappa shape index (κ2) is 2.92. The predicted octanol–water partition coefficient (Wildman–Crippen LogP) is 2.83. The van der Waals surface area contributed by atoms with Crippen LogP contribution >= 0.6 is 23.2 Å². The van der Waals surface area contributed by atoms with E-state index in [1.165, 1.54) is 0 Å². The highest BCUT2D eigenvalue weighted by molar-refractivity contribution is 6.53. The van der Waals surface area contributed by atoms with Gasteiger partial charge in [0.05, 0.1) is 12.3 Å². The van der Waals surface area contributed by atoms with Gasteiger partial charge in [-0.15, -0.1) is 23.2 Å². The Balaban J connectivity index is 2.84. The molecule has 2 atom stereocenters. The third-order valence-corrected chi connectivity index (χ3v) is 3.79. The van der Waals surface area contributed by atoms with Gasteiger partial charge in [0.2, 0.25) is 0 Å². The zero-order valence-corrected chi connectivity index (χ0v) is 8.54. The van der Waals surface area contributed by atoms with Crippen molar-refractivity contribution in [2.24, 2.45) is 11.3 Å². The summed E-state index contributed by atoms with van der Waals surface area (Å²) in [6.45, 7) is 1.12. The molecule has 82 valence electrons. The Morgan fingerprint density at radius 3 is 2.14 bits per heavy atom. The molecular weight excluding hydrogens is 244 g/mol. The van der Waals surface area contributed by atoms with Crippen LogP contribution in [-0.2, 0) is 4.79 Å². The van der Waals surface area contributed by atoms with Gasteiger partial charge in [-0.3, -0.25) is 4.79 Å². The van der Waals surface area contributed by atoms with Gasteiger partial charge in [-0.05, 0) is 0 Å². The quantitative estimate of drug-likeness (QED) is 0.766. The van der Waals surface area contributed by atoms with E-state index in [0.29, 0.717) is 0 Å². The smallest absolute Gasteiger partial charge is 0.389 e. The van der Waals surface area contributed by atoms with Gasteiger partial charge >= 0.3 is 12.1 Å². The van der Waals surface area contributed by atoms with Crippen LogP contribution in [0.5, 0.6) is 0 Å². The lowest BCUT2D eigenvalue weighted by molar-refractivity contribution is -0.151. The first-order chi connectivity index (χ1) is 6.02. The second-order valence-electron chi connectivity index (χ2n) is 3.60. The highest BCUT2D eigenvalue weighted by Gasteiger charge is 2.78. The standard InChI is InChI=1S/C7H7Cl2F3O2/c1-5(2-6(10,11)12)3(4(13)14)7(5,8)9/h3H,2H2,1H3,(H,13,14)/t3-,5-/m1/s1. The molecule has 2 nitrogen and oxygen atoms in total. The number of aliphatic carboxylic acids is 1. The van der Waals surface area contributed by atoms with E-state index in [-0.39, 0.29) is 0 Å². The SMILES string of the molecule is C[C@@]1(CC(F)(F)F)[C@@H](C(=O)O)C1(Cl)Cl. The lowest BCUT2D eigenvalue weighted by Crippen LogP contribution is -2.19. The Kier molecular flexibility index (Phi) is 2.48. The fourth-order valence-electron chi connectivity index (χ4n) is 1.65. The van der Waals surface area contributed by atoms with Crippen molar-refractivity contribution in [3.05, 3.63) is 0 Å². The molecule has 1 fully saturated rings. The third-order valence-electron chi connectivity index (χ3n) is 2.49. The summed E-state index contributed by atoms with van der Waals surface area (Å²) in [5.41, 5.74) is -1.62. The van der Waals surface area contributed by atoms with E-state index in [0.717, 1.165) is 6.92 Å². The number of alkyl halides is 5. The highest BCUT2D eigenvalue weighted by atomic mass is 35.5. The van der Waals surface area contributed by atoms with Gasteiger partial charge in [-0.1, -0.05) is 6.92 Å². The lowest BCUT2D eigenvalue weighted by Gasteiger charge is -2.13. The van der Waals surface area contributed by atoms with E-state index >= 15 is 0 Å². The number of rotatable bonds is 2. The Labute approximate surface area is 88.0 Å². The summed E-state index contributed by atoms with van der Waals surface area (Å²) < 4.78 is 34.4. The van der Waals surface area contributed by atoms with Gasteiger partial charge in [0.1, 0.15) is 4.33 Å². The van der Waals surface area contributed by atoms with E-state index < -0.39 is 34.2 Å². The molecule has 0 bridgehead atoms. The van der Waals surface area contributed by atoms with Gasteiger partial charge in [-0.2, -0.15) is 13.2 Å². The van der Waals surface area contributed by atoms with Crippen LogP contribution in [0.2, 0.25) is 0 Å². The largest absolute Gasteiger partial charge is 0.481 e. The average Bonchev–Trinajstić information content (AvgIpc) is 2.18. The minimum Gasteiger partial charge on any atom is -0.481 e. The monoisotopic (exact) mass is 250 g/mol. The normalized spacial score (nSPS) is 35.4. The minimum atomic E-state index is -4.46. The van der Waals surface area contributed by atoms with Crippen LogP contribution in [-0.4, -0.2) is 21.6 Å². The van der Waals surface area contributed by atoms with E-state index in [1.807, 2.05) is 0 Å². The van der Waals surface area contributed by atoms with Crippen molar-refractivity contribution in [3.63, 3.8) is 0 Å². The number of carbonyl (C=O) groups is 1. The van der Waals surface area contributed by atoms with Crippen LogP contribution in [0.3, 0.4) is 0 Å². The summed E-state index contributed by atoms with van der Waals surface area (Å²) >= 11 is 11.0. The van der Waals surface area contributed by atoms with Gasteiger partial charge in [0.25, 0.3) is 0 Å². The first kappa shape index (κ1) is 11.9. The molecule has 1 N–H and O–H groups in total. The Morgan fingerprint density at radius 2 is 1.93 bits per heavy atom. The zero-order valence-electron chi connectivity index (χ0n) is 7.03. The lowest BCUT2D eigenvalue weighted by atomic mass is 10.0. The van der Waals surface area contributed by atoms with Crippen molar-refractivity contribution in [1.82, 2.24) is 0 Å². The summed E-state index contributed by atoms with van der Waals surface area (Å²) in [4.78, 5) is 10.5. The molecule has 1 rings (SSSR count). The molecule has 0 aromatic heterocycles. The molecule has 0 unspecified atom stereocenters. The number of halogens is 5. The molecule has 0 heterocycles. The summed E-state index contributed by atoms with van der Waals surface area (Å²) in [6.07, 6.45) is -5.75. The summed E-state index contributed by atoms with van der Waals surface area (Å²) in [5, 5.41) is 8.59. The van der Waals surface area contributed by atoms with Crippen molar-refractivity contribution >= 4 is 29.2 Å². The number of carboxylic acid groups (broad SMARTS) is 1. The molecule has 0 aromatic carbocycles. The van der Waals surface area contributed by atoms with E-state index in [1.54, 1.807) is 0 Å². The fourth-order valence-corrected chi connectivity index (χ4v) is 2.56. The molecular formula is C7H7Cl2F3O2. The van der Waals surface area contributed by atoms with Gasteiger partial charge in [0.15, 0.2) is 0 Å². The Morgan fingerprint density at radius 1 is 1.50 bits per heavy atom. The van der Waals surface area contributed by atoms with E-state index in [4.69, 9.17) is 28.3 Å². The van der Waals surface area contributed by atoms with Crippen molar-refractivity contribution in [3.8, 4) is 0 Å². The number of carboxylic acids is 1. The molecule has 1 aliphatic carbocycles. The molecule has 0 saturated heterocycles. The van der Waals surface area contributed by atoms with Crippen LogP contribution in [0.15, 0.2) is 0 Å². The zero-order chi connectivity index (χ0) is 11.4. The average molecular weight is 251 g/mol. The van der Waals surface area contributed by atoms with Crippen molar-refractivity contribution in [2.45, 2.75) is 23.9 Å². The maximum Gasteiger partial charge on any atom is 0.389 e. The number of hydrogen-bond acceptors (Lipinski definition) is 1. The Bertz CT molecular complexity index is 277. The minimum absolute atomic E-state index is 1.12. The molecule has 0 aromatic rings. The van der Waals surface area contributed by atoms with Crippen LogP contribution in [0.4, 0.5) is 13.2 Å². The van der Waals surface area contributed by atoms with Gasteiger partial charge in [0, 0.05) is 5.41 Å². The van der Waals surface area contributed by atoms with Crippen molar-refractivity contribution < 1.29 is 23.1 Å². The van der Waals surface area contributed by atoms with E-state index in [9.17, 15) is 18.0 Å². The third kappa shape index (κ3) is 1.67.